The molecule has 0 amide bonds. The van der Waals surface area contributed by atoms with E-state index in [1.165, 1.54) is 0 Å². The summed E-state index contributed by atoms with van der Waals surface area (Å²) in [7, 11) is -3.28. The first-order valence-electron chi connectivity index (χ1n) is 3.48. The molecule has 72 valence electrons. The van der Waals surface area contributed by atoms with Gasteiger partial charge in [0.25, 0.3) is 0 Å². The zero-order valence-corrected chi connectivity index (χ0v) is 7.67. The van der Waals surface area contributed by atoms with Crippen molar-refractivity contribution >= 4 is 15.8 Å². The molecule has 0 aliphatic carbocycles. The number of carbonyl (C=O) groups is 1. The van der Waals surface area contributed by atoms with Crippen molar-refractivity contribution < 1.29 is 18.3 Å². The van der Waals surface area contributed by atoms with Gasteiger partial charge in [-0.2, -0.15) is 0 Å². The number of rotatable bonds is 5. The zero-order chi connectivity index (χ0) is 9.78. The van der Waals surface area contributed by atoms with Gasteiger partial charge < -0.3 is 10.8 Å². The SMILES string of the molecule is CS(=O)(=O)C(CCN)CC(=O)O. The standard InChI is InChI=1S/C6H13NO4S/c1-12(10,11)5(2-3-7)4-6(8)9/h5H,2-4,7H2,1H3,(H,8,9). The van der Waals surface area contributed by atoms with Gasteiger partial charge in [0.05, 0.1) is 11.7 Å². The summed E-state index contributed by atoms with van der Waals surface area (Å²) < 4.78 is 21.9. The number of carboxylic acids is 1. The average molecular weight is 195 g/mol. The van der Waals surface area contributed by atoms with Crippen LogP contribution in [0.15, 0.2) is 0 Å². The molecule has 1 unspecified atom stereocenters. The molecule has 12 heavy (non-hydrogen) atoms. The second kappa shape index (κ2) is 4.42. The van der Waals surface area contributed by atoms with E-state index in [1.54, 1.807) is 0 Å². The summed E-state index contributed by atoms with van der Waals surface area (Å²) in [5, 5.41) is 7.52. The van der Waals surface area contributed by atoms with E-state index in [0.29, 0.717) is 0 Å². The predicted octanol–water partition coefficient (Wildman–Crippen LogP) is -0.777. The number of carboxylic acid groups (broad SMARTS) is 1. The second-order valence-electron chi connectivity index (χ2n) is 2.63. The lowest BCUT2D eigenvalue weighted by molar-refractivity contribution is -0.137. The zero-order valence-electron chi connectivity index (χ0n) is 6.86. The first kappa shape index (κ1) is 11.4. The molecule has 0 aliphatic rings. The molecule has 5 nitrogen and oxygen atoms in total. The second-order valence-corrected chi connectivity index (χ2v) is 4.95. The minimum atomic E-state index is -3.28. The van der Waals surface area contributed by atoms with Crippen LogP contribution in [-0.2, 0) is 14.6 Å². The van der Waals surface area contributed by atoms with Crippen molar-refractivity contribution in [1.29, 1.82) is 0 Å². The highest BCUT2D eigenvalue weighted by Crippen LogP contribution is 2.08. The highest BCUT2D eigenvalue weighted by atomic mass is 32.2. The Labute approximate surface area is 71.5 Å². The van der Waals surface area contributed by atoms with E-state index < -0.39 is 21.1 Å². The minimum Gasteiger partial charge on any atom is -0.481 e. The Morgan fingerprint density at radius 1 is 1.58 bits per heavy atom. The van der Waals surface area contributed by atoms with Crippen LogP contribution in [0.25, 0.3) is 0 Å². The fourth-order valence-electron chi connectivity index (χ4n) is 0.848. The fourth-order valence-corrected chi connectivity index (χ4v) is 1.86. The Morgan fingerprint density at radius 3 is 2.33 bits per heavy atom. The van der Waals surface area contributed by atoms with E-state index in [2.05, 4.69) is 0 Å². The monoisotopic (exact) mass is 195 g/mol. The van der Waals surface area contributed by atoms with Crippen LogP contribution < -0.4 is 5.73 Å². The molecule has 0 rings (SSSR count). The van der Waals surface area contributed by atoms with E-state index in [4.69, 9.17) is 10.8 Å². The molecule has 0 saturated carbocycles. The lowest BCUT2D eigenvalue weighted by Crippen LogP contribution is -2.26. The van der Waals surface area contributed by atoms with E-state index in [9.17, 15) is 13.2 Å². The Balaban J connectivity index is 4.34. The van der Waals surface area contributed by atoms with Crippen LogP contribution in [0.2, 0.25) is 0 Å². The Hall–Kier alpha value is -0.620. The molecule has 0 aromatic carbocycles. The first-order valence-corrected chi connectivity index (χ1v) is 5.44. The van der Waals surface area contributed by atoms with Crippen LogP contribution in [0.1, 0.15) is 12.8 Å². The number of hydrogen-bond acceptors (Lipinski definition) is 4. The van der Waals surface area contributed by atoms with Crippen LogP contribution in [0, 0.1) is 0 Å². The van der Waals surface area contributed by atoms with Crippen LogP contribution in [0.4, 0.5) is 0 Å². The highest BCUT2D eigenvalue weighted by molar-refractivity contribution is 7.91. The molecular weight excluding hydrogens is 182 g/mol. The predicted molar refractivity (Wildman–Crippen MR) is 44.6 cm³/mol. The molecule has 0 radical (unpaired) electrons. The number of sulfone groups is 1. The maximum absolute atomic E-state index is 10.9. The smallest absolute Gasteiger partial charge is 0.304 e. The maximum Gasteiger partial charge on any atom is 0.304 e. The highest BCUT2D eigenvalue weighted by Gasteiger charge is 2.22. The van der Waals surface area contributed by atoms with Crippen LogP contribution in [0.3, 0.4) is 0 Å². The van der Waals surface area contributed by atoms with Gasteiger partial charge in [0.2, 0.25) is 0 Å². The Kier molecular flexibility index (Phi) is 4.19. The van der Waals surface area contributed by atoms with E-state index in [-0.39, 0.29) is 19.4 Å². The van der Waals surface area contributed by atoms with E-state index in [0.717, 1.165) is 6.26 Å². The lowest BCUT2D eigenvalue weighted by atomic mass is 10.2. The summed E-state index contributed by atoms with van der Waals surface area (Å²) in [6.45, 7) is 0.186. The summed E-state index contributed by atoms with van der Waals surface area (Å²) in [6.07, 6.45) is 0.859. The molecule has 1 atom stereocenters. The summed E-state index contributed by atoms with van der Waals surface area (Å²) in [6, 6.07) is 0. The topological polar surface area (TPSA) is 97.5 Å². The molecule has 0 aromatic heterocycles. The minimum absolute atomic E-state index is 0.186. The number of nitrogens with two attached hydrogens (primary N) is 1. The molecule has 0 spiro atoms. The van der Waals surface area contributed by atoms with Crippen LogP contribution in [-0.4, -0.2) is 37.5 Å². The molecular formula is C6H13NO4S. The molecule has 0 aromatic rings. The van der Waals surface area contributed by atoms with Crippen molar-refractivity contribution in [3.05, 3.63) is 0 Å². The number of aliphatic carboxylic acids is 1. The Morgan fingerprint density at radius 2 is 2.08 bits per heavy atom. The molecule has 3 N–H and O–H groups in total. The summed E-state index contributed by atoms with van der Waals surface area (Å²) in [5.74, 6) is -1.11. The van der Waals surface area contributed by atoms with Crippen LogP contribution in [0.5, 0.6) is 0 Å². The van der Waals surface area contributed by atoms with E-state index in [1.807, 2.05) is 0 Å². The van der Waals surface area contributed by atoms with Gasteiger partial charge in [-0.3, -0.25) is 4.79 Å². The summed E-state index contributed by atoms with van der Waals surface area (Å²) in [4.78, 5) is 10.2. The molecule has 0 bridgehead atoms. The van der Waals surface area contributed by atoms with Crippen molar-refractivity contribution in [2.24, 2.45) is 5.73 Å². The van der Waals surface area contributed by atoms with Gasteiger partial charge in [0, 0.05) is 6.26 Å². The van der Waals surface area contributed by atoms with Crippen molar-refractivity contribution in [3.8, 4) is 0 Å². The van der Waals surface area contributed by atoms with Gasteiger partial charge >= 0.3 is 5.97 Å². The fraction of sp³-hybridized carbons (Fsp3) is 0.833. The summed E-state index contributed by atoms with van der Waals surface area (Å²) >= 11 is 0. The van der Waals surface area contributed by atoms with Gasteiger partial charge in [-0.05, 0) is 13.0 Å². The van der Waals surface area contributed by atoms with Crippen molar-refractivity contribution in [2.75, 3.05) is 12.8 Å². The Bertz CT molecular complexity index is 246. The first-order chi connectivity index (χ1) is 5.38. The van der Waals surface area contributed by atoms with Gasteiger partial charge in [0.15, 0.2) is 9.84 Å². The quantitative estimate of drug-likeness (QED) is 0.600. The molecule has 0 heterocycles. The van der Waals surface area contributed by atoms with Gasteiger partial charge in [0.1, 0.15) is 0 Å². The third-order valence-corrected chi connectivity index (χ3v) is 3.11. The summed E-state index contributed by atoms with van der Waals surface area (Å²) in [5.41, 5.74) is 5.14. The van der Waals surface area contributed by atoms with Gasteiger partial charge in [-0.25, -0.2) is 8.42 Å². The largest absolute Gasteiger partial charge is 0.481 e. The average Bonchev–Trinajstić information content (AvgIpc) is 1.83. The lowest BCUT2D eigenvalue weighted by Gasteiger charge is -2.10. The molecule has 0 aliphatic heterocycles. The molecule has 0 saturated heterocycles. The van der Waals surface area contributed by atoms with Crippen molar-refractivity contribution in [1.82, 2.24) is 0 Å². The number of hydrogen-bond donors (Lipinski definition) is 2. The normalized spacial score (nSPS) is 14.2. The third-order valence-electron chi connectivity index (χ3n) is 1.50. The van der Waals surface area contributed by atoms with Crippen molar-refractivity contribution in [2.45, 2.75) is 18.1 Å². The molecule has 0 fully saturated rings. The van der Waals surface area contributed by atoms with Gasteiger partial charge in [-0.15, -0.1) is 0 Å². The van der Waals surface area contributed by atoms with Gasteiger partial charge in [-0.1, -0.05) is 0 Å². The van der Waals surface area contributed by atoms with E-state index >= 15 is 0 Å². The maximum atomic E-state index is 10.9. The van der Waals surface area contributed by atoms with Crippen LogP contribution >= 0.6 is 0 Å². The molecule has 6 heteroatoms. The third kappa shape index (κ3) is 4.30. The van der Waals surface area contributed by atoms with Crippen molar-refractivity contribution in [3.63, 3.8) is 0 Å².